The van der Waals surface area contributed by atoms with Crippen molar-refractivity contribution in [1.29, 1.82) is 0 Å². The predicted octanol–water partition coefficient (Wildman–Crippen LogP) is 3.25. The maximum absolute atomic E-state index is 12.7. The topological polar surface area (TPSA) is 67.2 Å². The summed E-state index contributed by atoms with van der Waals surface area (Å²) in [4.78, 5) is 31.9. The molecular formula is C23H25BrN4O2. The molecule has 1 N–H and O–H groups in total. The van der Waals surface area contributed by atoms with Gasteiger partial charge in [-0.05, 0) is 43.5 Å². The summed E-state index contributed by atoms with van der Waals surface area (Å²) in [5.41, 5.74) is 3.03. The van der Waals surface area contributed by atoms with Gasteiger partial charge in [0, 0.05) is 30.1 Å². The van der Waals surface area contributed by atoms with Crippen LogP contribution in [0.5, 0.6) is 0 Å². The number of piperidine rings is 1. The lowest BCUT2D eigenvalue weighted by Gasteiger charge is -2.32. The van der Waals surface area contributed by atoms with Gasteiger partial charge in [0.1, 0.15) is 6.54 Å². The largest absolute Gasteiger partial charge is 0.352 e. The molecule has 0 bridgehead atoms. The number of aryl methyl sites for hydroxylation is 1. The third kappa shape index (κ3) is 4.96. The highest BCUT2D eigenvalue weighted by atomic mass is 79.9. The average molecular weight is 469 g/mol. The number of hydrogen-bond donors (Lipinski definition) is 1. The van der Waals surface area contributed by atoms with Gasteiger partial charge in [0.2, 0.25) is 5.91 Å². The summed E-state index contributed by atoms with van der Waals surface area (Å²) < 4.78 is 2.19. The number of aromatic nitrogens is 2. The second-order valence-electron chi connectivity index (χ2n) is 7.95. The summed E-state index contributed by atoms with van der Waals surface area (Å²) in [7, 11) is 0. The highest BCUT2D eigenvalue weighted by molar-refractivity contribution is 9.10. The first-order valence-electron chi connectivity index (χ1n) is 10.2. The van der Waals surface area contributed by atoms with E-state index in [1.54, 1.807) is 12.1 Å². The van der Waals surface area contributed by atoms with Gasteiger partial charge in [-0.3, -0.25) is 19.1 Å². The van der Waals surface area contributed by atoms with Crippen molar-refractivity contribution in [2.45, 2.75) is 38.9 Å². The van der Waals surface area contributed by atoms with Gasteiger partial charge in [0.15, 0.2) is 0 Å². The van der Waals surface area contributed by atoms with Gasteiger partial charge in [-0.2, -0.15) is 0 Å². The van der Waals surface area contributed by atoms with Crippen molar-refractivity contribution in [3.63, 3.8) is 0 Å². The van der Waals surface area contributed by atoms with E-state index in [1.807, 2.05) is 6.07 Å². The summed E-state index contributed by atoms with van der Waals surface area (Å²) in [5, 5.41) is 3.59. The Balaban J connectivity index is 1.31. The van der Waals surface area contributed by atoms with Crippen LogP contribution in [0.4, 0.5) is 0 Å². The predicted molar refractivity (Wildman–Crippen MR) is 121 cm³/mol. The van der Waals surface area contributed by atoms with Crippen LogP contribution in [0.15, 0.2) is 58.1 Å². The lowest BCUT2D eigenvalue weighted by molar-refractivity contribution is -0.122. The van der Waals surface area contributed by atoms with Crippen LogP contribution < -0.4 is 10.9 Å². The molecule has 2 aromatic carbocycles. The maximum atomic E-state index is 12.7. The molecule has 1 aliphatic rings. The molecule has 0 saturated carbocycles. The normalized spacial score (nSPS) is 15.4. The van der Waals surface area contributed by atoms with Crippen LogP contribution >= 0.6 is 15.9 Å². The summed E-state index contributed by atoms with van der Waals surface area (Å²) in [6.07, 6.45) is 3.27. The Bertz CT molecular complexity index is 1120. The molecule has 7 heteroatoms. The van der Waals surface area contributed by atoms with Crippen molar-refractivity contribution < 1.29 is 4.79 Å². The summed E-state index contributed by atoms with van der Waals surface area (Å²) in [5.74, 6) is -0.148. The third-order valence-corrected chi connectivity index (χ3v) is 6.03. The molecule has 1 aromatic heterocycles. The monoisotopic (exact) mass is 468 g/mol. The molecule has 0 unspecified atom stereocenters. The van der Waals surface area contributed by atoms with Crippen molar-refractivity contribution in [3.05, 3.63) is 74.7 Å². The minimum Gasteiger partial charge on any atom is -0.352 e. The van der Waals surface area contributed by atoms with E-state index < -0.39 is 0 Å². The minimum atomic E-state index is -0.204. The fourth-order valence-electron chi connectivity index (χ4n) is 3.98. The number of nitrogens with one attached hydrogen (secondary N) is 1. The first kappa shape index (κ1) is 20.8. The van der Waals surface area contributed by atoms with Gasteiger partial charge < -0.3 is 5.32 Å². The molecule has 0 atom stereocenters. The molecule has 6 nitrogen and oxygen atoms in total. The molecule has 2 heterocycles. The van der Waals surface area contributed by atoms with Crippen LogP contribution in [0.1, 0.15) is 24.0 Å². The standard InChI is InChI=1S/C23H25BrN4O2/c1-16-3-2-4-17(11-16)13-27-9-7-19(8-10-27)26-22(29)14-28-15-25-21-6-5-18(24)12-20(21)23(28)30/h2-6,11-12,15,19H,7-10,13-14H2,1H3,(H,26,29). The van der Waals surface area contributed by atoms with Gasteiger partial charge in [-0.15, -0.1) is 0 Å². The lowest BCUT2D eigenvalue weighted by atomic mass is 10.0. The summed E-state index contributed by atoms with van der Waals surface area (Å²) >= 11 is 3.38. The molecule has 30 heavy (non-hydrogen) atoms. The molecule has 1 fully saturated rings. The van der Waals surface area contributed by atoms with Crippen LogP contribution in [-0.2, 0) is 17.9 Å². The second kappa shape index (κ2) is 9.10. The molecule has 1 saturated heterocycles. The van der Waals surface area contributed by atoms with Crippen molar-refractivity contribution in [3.8, 4) is 0 Å². The fourth-order valence-corrected chi connectivity index (χ4v) is 4.34. The molecule has 0 aliphatic carbocycles. The zero-order chi connectivity index (χ0) is 21.1. The number of hydrogen-bond acceptors (Lipinski definition) is 4. The quantitative estimate of drug-likeness (QED) is 0.623. The molecule has 0 radical (unpaired) electrons. The van der Waals surface area contributed by atoms with E-state index in [0.717, 1.165) is 36.9 Å². The van der Waals surface area contributed by atoms with Gasteiger partial charge in [0.05, 0.1) is 17.2 Å². The number of halogens is 1. The van der Waals surface area contributed by atoms with Crippen molar-refractivity contribution in [1.82, 2.24) is 19.8 Å². The average Bonchev–Trinajstić information content (AvgIpc) is 2.72. The number of nitrogens with zero attached hydrogens (tertiary/aromatic N) is 3. The SMILES string of the molecule is Cc1cccc(CN2CCC(NC(=O)Cn3cnc4ccc(Br)cc4c3=O)CC2)c1. The molecule has 0 spiro atoms. The summed E-state index contributed by atoms with van der Waals surface area (Å²) in [6, 6.07) is 14.1. The van der Waals surface area contributed by atoms with Crippen LogP contribution in [0.3, 0.4) is 0 Å². The van der Waals surface area contributed by atoms with Gasteiger partial charge in [-0.25, -0.2) is 4.98 Å². The Hall–Kier alpha value is -2.51. The van der Waals surface area contributed by atoms with E-state index in [4.69, 9.17) is 0 Å². The van der Waals surface area contributed by atoms with E-state index in [0.29, 0.717) is 10.9 Å². The van der Waals surface area contributed by atoms with E-state index in [2.05, 4.69) is 62.3 Å². The summed E-state index contributed by atoms with van der Waals surface area (Å²) in [6.45, 7) is 4.93. The smallest absolute Gasteiger partial charge is 0.261 e. The Kier molecular flexibility index (Phi) is 6.29. The number of carbonyl (C=O) groups is 1. The van der Waals surface area contributed by atoms with E-state index in [-0.39, 0.29) is 24.1 Å². The molecule has 1 aliphatic heterocycles. The number of amides is 1. The van der Waals surface area contributed by atoms with Crippen LogP contribution in [0, 0.1) is 6.92 Å². The van der Waals surface area contributed by atoms with E-state index in [1.165, 1.54) is 22.0 Å². The number of benzene rings is 2. The first-order chi connectivity index (χ1) is 14.5. The number of likely N-dealkylation sites (tertiary alicyclic amines) is 1. The van der Waals surface area contributed by atoms with E-state index >= 15 is 0 Å². The van der Waals surface area contributed by atoms with Gasteiger partial charge in [0.25, 0.3) is 5.56 Å². The van der Waals surface area contributed by atoms with Crippen LogP contribution in [-0.4, -0.2) is 39.5 Å². The lowest BCUT2D eigenvalue weighted by Crippen LogP contribution is -2.45. The van der Waals surface area contributed by atoms with Crippen molar-refractivity contribution >= 4 is 32.7 Å². The van der Waals surface area contributed by atoms with Crippen LogP contribution in [0.25, 0.3) is 10.9 Å². The Morgan fingerprint density at radius 1 is 1.20 bits per heavy atom. The zero-order valence-electron chi connectivity index (χ0n) is 17.0. The Morgan fingerprint density at radius 2 is 2.00 bits per heavy atom. The van der Waals surface area contributed by atoms with E-state index in [9.17, 15) is 9.59 Å². The molecule has 3 aromatic rings. The number of carbonyl (C=O) groups excluding carboxylic acids is 1. The minimum absolute atomic E-state index is 0.0161. The second-order valence-corrected chi connectivity index (χ2v) is 8.86. The highest BCUT2D eigenvalue weighted by Crippen LogP contribution is 2.16. The fraction of sp³-hybridized carbons (Fsp3) is 0.348. The molecule has 4 rings (SSSR count). The maximum Gasteiger partial charge on any atom is 0.261 e. The Morgan fingerprint density at radius 3 is 2.77 bits per heavy atom. The van der Waals surface area contributed by atoms with Gasteiger partial charge >= 0.3 is 0 Å². The third-order valence-electron chi connectivity index (χ3n) is 5.54. The number of rotatable bonds is 5. The molecule has 1 amide bonds. The number of fused-ring (bicyclic) bond motifs is 1. The van der Waals surface area contributed by atoms with Crippen LogP contribution in [0.2, 0.25) is 0 Å². The molecule has 156 valence electrons. The molecular weight excluding hydrogens is 444 g/mol. The first-order valence-corrected chi connectivity index (χ1v) is 11.0. The zero-order valence-corrected chi connectivity index (χ0v) is 18.6. The highest BCUT2D eigenvalue weighted by Gasteiger charge is 2.21. The van der Waals surface area contributed by atoms with Gasteiger partial charge in [-0.1, -0.05) is 45.8 Å². The van der Waals surface area contributed by atoms with Crippen molar-refractivity contribution in [2.75, 3.05) is 13.1 Å². The van der Waals surface area contributed by atoms with Crippen molar-refractivity contribution in [2.24, 2.45) is 0 Å². The Labute approximate surface area is 184 Å².